The highest BCUT2D eigenvalue weighted by Crippen LogP contribution is 2.36. The lowest BCUT2D eigenvalue weighted by Gasteiger charge is -2.37. The zero-order chi connectivity index (χ0) is 24.3. The molecule has 0 spiro atoms. The molecule has 0 aliphatic carbocycles. The van der Waals surface area contributed by atoms with E-state index in [1.54, 1.807) is 4.90 Å². The van der Waals surface area contributed by atoms with Gasteiger partial charge in [-0.2, -0.15) is 13.2 Å². The van der Waals surface area contributed by atoms with E-state index in [-0.39, 0.29) is 34.5 Å². The summed E-state index contributed by atoms with van der Waals surface area (Å²) in [6.07, 6.45) is -9.32. The van der Waals surface area contributed by atoms with Crippen LogP contribution in [0.15, 0.2) is 35.5 Å². The highest BCUT2D eigenvalue weighted by atomic mass is 19.4. The van der Waals surface area contributed by atoms with Gasteiger partial charge in [-0.05, 0) is 31.1 Å². The average Bonchev–Trinajstić information content (AvgIpc) is 2.77. The van der Waals surface area contributed by atoms with Crippen molar-refractivity contribution in [3.8, 4) is 0 Å². The number of rotatable bonds is 5. The molecule has 2 saturated heterocycles. The number of anilines is 1. The molecule has 0 saturated carbocycles. The van der Waals surface area contributed by atoms with Gasteiger partial charge in [0.05, 0.1) is 11.3 Å². The number of carbonyl (C=O) groups excluding carboxylic acids is 1. The first-order chi connectivity index (χ1) is 15.6. The zero-order valence-corrected chi connectivity index (χ0v) is 18.0. The summed E-state index contributed by atoms with van der Waals surface area (Å²) in [5.41, 5.74) is -1.44. The number of alkyl carbamates (subject to hydrolysis) is 1. The molecule has 3 heterocycles. The first kappa shape index (κ1) is 24.6. The number of nitrogens with one attached hydrogen (secondary N) is 2. The lowest BCUT2D eigenvalue weighted by Crippen LogP contribution is -2.51. The fourth-order valence-corrected chi connectivity index (χ4v) is 3.85. The van der Waals surface area contributed by atoms with Gasteiger partial charge in [0.15, 0.2) is 6.10 Å². The molecule has 1 amide bonds. The molecule has 2 N–H and O–H groups in total. The minimum absolute atomic E-state index is 0.0311. The van der Waals surface area contributed by atoms with E-state index in [2.05, 4.69) is 27.2 Å². The Morgan fingerprint density at radius 2 is 2.15 bits per heavy atom. The van der Waals surface area contributed by atoms with Crippen molar-refractivity contribution in [2.24, 2.45) is 4.99 Å². The number of aromatic nitrogens is 1. The van der Waals surface area contributed by atoms with E-state index >= 15 is 0 Å². The lowest BCUT2D eigenvalue weighted by atomic mass is 9.97. The second-order valence-electron chi connectivity index (χ2n) is 7.54. The Morgan fingerprint density at radius 1 is 1.42 bits per heavy atom. The maximum atomic E-state index is 13.7. The third kappa shape index (κ3) is 5.32. The number of pyridine rings is 1. The lowest BCUT2D eigenvalue weighted by molar-refractivity contribution is -0.137. The van der Waals surface area contributed by atoms with Crippen LogP contribution in [-0.4, -0.2) is 55.1 Å². The topological polar surface area (TPSA) is 78.8 Å². The van der Waals surface area contributed by atoms with Crippen molar-refractivity contribution in [1.82, 2.24) is 15.6 Å². The van der Waals surface area contributed by atoms with E-state index in [9.17, 15) is 26.7 Å². The summed E-state index contributed by atoms with van der Waals surface area (Å²) in [5.74, 6) is -0.192. The fraction of sp³-hybridized carbons (Fsp3) is 0.476. The van der Waals surface area contributed by atoms with Crippen LogP contribution in [0.4, 0.5) is 32.6 Å². The number of amidine groups is 1. The number of hydrogen-bond donors (Lipinski definition) is 2. The molecular formula is C21H24F5N5O2. The Hall–Kier alpha value is -3.02. The number of nitrogens with zero attached hydrogens (tertiary/aromatic N) is 3. The predicted molar refractivity (Wildman–Crippen MR) is 113 cm³/mol. The summed E-state index contributed by atoms with van der Waals surface area (Å²) in [6, 6.07) is 1.66. The molecule has 33 heavy (non-hydrogen) atoms. The number of cyclic esters (lactones) is 1. The maximum absolute atomic E-state index is 13.7. The molecule has 0 radical (unpaired) electrons. The fourth-order valence-electron chi connectivity index (χ4n) is 3.85. The van der Waals surface area contributed by atoms with Crippen LogP contribution in [-0.2, 0) is 10.9 Å². The third-order valence-corrected chi connectivity index (χ3v) is 5.49. The Labute approximate surface area is 187 Å². The molecule has 2 atom stereocenters. The van der Waals surface area contributed by atoms with E-state index in [0.717, 1.165) is 18.3 Å². The highest BCUT2D eigenvalue weighted by Gasteiger charge is 2.39. The van der Waals surface area contributed by atoms with Crippen molar-refractivity contribution >= 4 is 23.3 Å². The molecule has 0 aromatic carbocycles. The van der Waals surface area contributed by atoms with E-state index in [4.69, 9.17) is 4.74 Å². The van der Waals surface area contributed by atoms with Crippen molar-refractivity contribution in [3.05, 3.63) is 41.7 Å². The van der Waals surface area contributed by atoms with Crippen molar-refractivity contribution in [2.75, 3.05) is 24.5 Å². The molecule has 1 unspecified atom stereocenters. The van der Waals surface area contributed by atoms with Crippen LogP contribution in [0.25, 0.3) is 5.57 Å². The van der Waals surface area contributed by atoms with Gasteiger partial charge >= 0.3 is 12.3 Å². The number of allylic oxidation sites excluding steroid dienone is 1. The largest absolute Gasteiger partial charge is 0.435 e. The molecule has 3 rings (SSSR count). The molecule has 7 nitrogen and oxygen atoms in total. The van der Waals surface area contributed by atoms with Crippen LogP contribution in [0.5, 0.6) is 0 Å². The Bertz CT molecular complexity index is 976. The molecular weight excluding hydrogens is 449 g/mol. The van der Waals surface area contributed by atoms with Gasteiger partial charge in [0.1, 0.15) is 11.7 Å². The van der Waals surface area contributed by atoms with E-state index in [1.807, 2.05) is 6.92 Å². The summed E-state index contributed by atoms with van der Waals surface area (Å²) in [5, 5.41) is 5.40. The van der Waals surface area contributed by atoms with Crippen LogP contribution in [0, 0.1) is 0 Å². The minimum atomic E-state index is -4.69. The molecule has 1 aromatic heterocycles. The Morgan fingerprint density at radius 3 is 2.76 bits per heavy atom. The summed E-state index contributed by atoms with van der Waals surface area (Å²) in [4.78, 5) is 21.7. The normalized spacial score (nSPS) is 24.5. The Kier molecular flexibility index (Phi) is 7.35. The number of hydrogen-bond acceptors (Lipinski definition) is 6. The van der Waals surface area contributed by atoms with Gasteiger partial charge in [-0.1, -0.05) is 13.5 Å². The second-order valence-corrected chi connectivity index (χ2v) is 7.54. The van der Waals surface area contributed by atoms with Crippen molar-refractivity contribution < 1.29 is 31.5 Å². The van der Waals surface area contributed by atoms with Gasteiger partial charge < -0.3 is 15.0 Å². The number of ether oxygens (including phenoxy) is 1. The van der Waals surface area contributed by atoms with Crippen molar-refractivity contribution in [1.29, 1.82) is 0 Å². The number of halogens is 5. The number of piperazine rings is 1. The van der Waals surface area contributed by atoms with Crippen molar-refractivity contribution in [3.63, 3.8) is 0 Å². The van der Waals surface area contributed by atoms with Crippen LogP contribution < -0.4 is 15.5 Å². The maximum Gasteiger partial charge on any atom is 0.416 e. The predicted octanol–water partition coefficient (Wildman–Crippen LogP) is 3.98. The summed E-state index contributed by atoms with van der Waals surface area (Å²) in [6.45, 7) is 8.22. The summed E-state index contributed by atoms with van der Waals surface area (Å²) in [7, 11) is 0. The molecule has 2 aliphatic rings. The minimum Gasteiger partial charge on any atom is -0.435 e. The van der Waals surface area contributed by atoms with Crippen LogP contribution in [0.3, 0.4) is 0 Å². The van der Waals surface area contributed by atoms with Gasteiger partial charge in [0.2, 0.25) is 0 Å². The number of aliphatic imine (C=N–C) groups is 1. The number of amides is 1. The molecule has 2 aliphatic heterocycles. The SMILES string of the molecule is C=CN=C1NC(=O)OC(C(F)F)/C1=C(/C)c1cc(C(F)(F)F)cc(N2CCNC[C@H]2CC)n1. The second kappa shape index (κ2) is 9.86. The van der Waals surface area contributed by atoms with Gasteiger partial charge in [0.25, 0.3) is 6.43 Å². The van der Waals surface area contributed by atoms with Crippen LogP contribution >= 0.6 is 0 Å². The molecule has 0 bridgehead atoms. The summed E-state index contributed by atoms with van der Waals surface area (Å²) < 4.78 is 73.4. The van der Waals surface area contributed by atoms with Gasteiger partial charge in [-0.25, -0.2) is 23.6 Å². The summed E-state index contributed by atoms with van der Waals surface area (Å²) >= 11 is 0. The number of alkyl halides is 5. The highest BCUT2D eigenvalue weighted by molar-refractivity contribution is 6.13. The van der Waals surface area contributed by atoms with Gasteiger partial charge in [-0.15, -0.1) is 0 Å². The molecule has 12 heteroatoms. The first-order valence-corrected chi connectivity index (χ1v) is 10.3. The standard InChI is InChI=1S/C21H24F5N5O2/c1-4-13-10-27-6-7-31(13)15-9-12(21(24,25)26)8-14(29-15)11(3)16-17(18(22)23)33-20(32)30-19(16)28-5-2/h5,8-9,13,17-18,27H,2,4,6-7,10H2,1,3H3,(H,28,30,32)/b16-11+/t13-,17?/m1/s1. The monoisotopic (exact) mass is 473 g/mol. The zero-order valence-electron chi connectivity index (χ0n) is 18.0. The molecule has 1 aromatic rings. The van der Waals surface area contributed by atoms with E-state index in [1.165, 1.54) is 6.92 Å². The third-order valence-electron chi connectivity index (χ3n) is 5.49. The first-order valence-electron chi connectivity index (χ1n) is 10.3. The van der Waals surface area contributed by atoms with Crippen molar-refractivity contribution in [2.45, 2.75) is 45.0 Å². The number of carbonyl (C=O) groups is 1. The smallest absolute Gasteiger partial charge is 0.416 e. The van der Waals surface area contributed by atoms with Crippen LogP contribution in [0.1, 0.15) is 31.5 Å². The molecule has 180 valence electrons. The van der Waals surface area contributed by atoms with E-state index < -0.39 is 30.4 Å². The van der Waals surface area contributed by atoms with Crippen LogP contribution in [0.2, 0.25) is 0 Å². The van der Waals surface area contributed by atoms with Gasteiger partial charge in [0, 0.05) is 37.4 Å². The average molecular weight is 473 g/mol. The van der Waals surface area contributed by atoms with Gasteiger partial charge in [-0.3, -0.25) is 5.32 Å². The van der Waals surface area contributed by atoms with E-state index in [0.29, 0.717) is 26.1 Å². The Balaban J connectivity index is 2.22. The molecule has 2 fully saturated rings. The quantitative estimate of drug-likeness (QED) is 0.633.